The maximum absolute atomic E-state index is 2.96. The van der Waals surface area contributed by atoms with Crippen LogP contribution in [0, 0.1) is 12.1 Å². The number of anilines is 2. The zero-order valence-electron chi connectivity index (χ0n) is 11.8. The average molecular weight is 347 g/mol. The van der Waals surface area contributed by atoms with Gasteiger partial charge in [0, 0.05) is 28.2 Å². The van der Waals surface area contributed by atoms with Crippen LogP contribution in [0.5, 0.6) is 0 Å². The zero-order valence-corrected chi connectivity index (χ0v) is 13.4. The molecule has 0 aliphatic heterocycles. The van der Waals surface area contributed by atoms with E-state index in [4.69, 9.17) is 0 Å². The van der Waals surface area contributed by atoms with Gasteiger partial charge in [-0.2, -0.15) is 36.4 Å². The quantitative estimate of drug-likeness (QED) is 0.609. The summed E-state index contributed by atoms with van der Waals surface area (Å²) in [5.41, 5.74) is 2.43. The molecule has 0 heterocycles. The molecule has 2 nitrogen and oxygen atoms in total. The van der Waals surface area contributed by atoms with Crippen LogP contribution in [-0.2, 0) is 20.4 Å². The predicted octanol–water partition coefficient (Wildman–Crippen LogP) is 3.10. The van der Waals surface area contributed by atoms with Crippen molar-refractivity contribution >= 4 is 11.4 Å². The molecule has 2 aromatic rings. The van der Waals surface area contributed by atoms with E-state index in [-0.39, 0.29) is 20.4 Å². The molecule has 0 bridgehead atoms. The van der Waals surface area contributed by atoms with Crippen molar-refractivity contribution in [3.8, 4) is 0 Å². The van der Waals surface area contributed by atoms with E-state index in [0.29, 0.717) is 0 Å². The van der Waals surface area contributed by atoms with E-state index >= 15 is 0 Å². The first-order chi connectivity index (χ1) is 8.61. The van der Waals surface area contributed by atoms with Crippen LogP contribution in [0.4, 0.5) is 11.4 Å². The van der Waals surface area contributed by atoms with Crippen molar-refractivity contribution in [1.29, 1.82) is 0 Å². The Hall–Kier alpha value is -1.30. The van der Waals surface area contributed by atoms with Gasteiger partial charge in [0.15, 0.2) is 0 Å². The summed E-state index contributed by atoms with van der Waals surface area (Å²) in [6.07, 6.45) is 0. The molecule has 0 aromatic heterocycles. The molecule has 0 N–H and O–H groups in total. The first kappa shape index (κ1) is 17.7. The summed E-state index contributed by atoms with van der Waals surface area (Å²) in [4.78, 5) is 4.13. The second kappa shape index (κ2) is 9.61. The van der Waals surface area contributed by atoms with Gasteiger partial charge in [-0.15, -0.1) is 24.3 Å². The van der Waals surface area contributed by atoms with Gasteiger partial charge in [0.1, 0.15) is 0 Å². The van der Waals surface area contributed by atoms with Crippen molar-refractivity contribution < 1.29 is 20.4 Å². The zero-order chi connectivity index (χ0) is 13.4. The van der Waals surface area contributed by atoms with Crippen molar-refractivity contribution in [1.82, 2.24) is 0 Å². The van der Waals surface area contributed by atoms with E-state index in [0.717, 1.165) is 0 Å². The molecule has 0 fully saturated rings. The summed E-state index contributed by atoms with van der Waals surface area (Å²) in [5, 5.41) is 0. The summed E-state index contributed by atoms with van der Waals surface area (Å²) in [5.74, 6) is 0. The molecular weight excluding hydrogens is 327 g/mol. The van der Waals surface area contributed by atoms with Crippen LogP contribution in [0.2, 0.25) is 0 Å². The number of hydrogen-bond acceptors (Lipinski definition) is 2. The summed E-state index contributed by atoms with van der Waals surface area (Å²) in [6, 6.07) is 21.7. The predicted molar refractivity (Wildman–Crippen MR) is 79.2 cm³/mol. The number of rotatable bonds is 2. The third kappa shape index (κ3) is 7.01. The van der Waals surface area contributed by atoms with Crippen LogP contribution in [0.15, 0.2) is 48.5 Å². The topological polar surface area (TPSA) is 6.48 Å². The van der Waals surface area contributed by atoms with Crippen molar-refractivity contribution in [3.63, 3.8) is 0 Å². The Morgan fingerprint density at radius 1 is 0.632 bits per heavy atom. The van der Waals surface area contributed by atoms with E-state index in [1.807, 2.05) is 76.7 Å². The molecule has 0 unspecified atom stereocenters. The SMILES string of the molecule is CN(C)c1cc[c-]cc1.CN(C)c1cc[c-]cc1.[Pd+2]. The van der Waals surface area contributed by atoms with Crippen molar-refractivity contribution in [3.05, 3.63) is 60.7 Å². The van der Waals surface area contributed by atoms with Gasteiger partial charge >= 0.3 is 20.4 Å². The van der Waals surface area contributed by atoms with Gasteiger partial charge in [-0.1, -0.05) is 11.4 Å². The molecule has 2 rings (SSSR count). The van der Waals surface area contributed by atoms with Crippen LogP contribution in [0.1, 0.15) is 0 Å². The fraction of sp³-hybridized carbons (Fsp3) is 0.250. The van der Waals surface area contributed by atoms with Crippen molar-refractivity contribution in [2.75, 3.05) is 38.0 Å². The molecule has 0 saturated heterocycles. The first-order valence-corrected chi connectivity index (χ1v) is 5.88. The fourth-order valence-electron chi connectivity index (χ4n) is 1.35. The van der Waals surface area contributed by atoms with E-state index in [9.17, 15) is 0 Å². The molecule has 0 amide bonds. The molecule has 104 valence electrons. The summed E-state index contributed by atoms with van der Waals surface area (Å²) in [7, 11) is 8.09. The Morgan fingerprint density at radius 2 is 0.895 bits per heavy atom. The average Bonchev–Trinajstić information content (AvgIpc) is 2.41. The Balaban J connectivity index is 0.000000324. The monoisotopic (exact) mass is 346 g/mol. The molecule has 2 aromatic carbocycles. The molecule has 19 heavy (non-hydrogen) atoms. The van der Waals surface area contributed by atoms with Crippen LogP contribution >= 0.6 is 0 Å². The number of nitrogens with zero attached hydrogens (tertiary/aromatic N) is 2. The standard InChI is InChI=1S/2C8H10N.Pd/c2*1-9(2)8-6-4-3-5-7-8;/h2*4-7H,1-2H3;/q2*-1;+2. The second-order valence-corrected chi connectivity index (χ2v) is 4.31. The molecule has 0 spiro atoms. The normalized spacial score (nSPS) is 8.63. The van der Waals surface area contributed by atoms with Gasteiger partial charge in [-0.25, -0.2) is 0 Å². The minimum absolute atomic E-state index is 0. The minimum Gasteiger partial charge on any atom is -0.399 e. The summed E-state index contributed by atoms with van der Waals surface area (Å²) in [6.45, 7) is 0. The van der Waals surface area contributed by atoms with Crippen LogP contribution in [0.3, 0.4) is 0 Å². The van der Waals surface area contributed by atoms with Gasteiger partial charge in [0.05, 0.1) is 0 Å². The Kier molecular flexibility index (Phi) is 8.95. The van der Waals surface area contributed by atoms with Gasteiger partial charge in [-0.3, -0.25) is 0 Å². The Labute approximate surface area is 130 Å². The van der Waals surface area contributed by atoms with E-state index in [1.165, 1.54) is 11.4 Å². The van der Waals surface area contributed by atoms with Gasteiger partial charge < -0.3 is 9.80 Å². The molecule has 0 saturated carbocycles. The van der Waals surface area contributed by atoms with Gasteiger partial charge in [0.2, 0.25) is 0 Å². The molecule has 0 radical (unpaired) electrons. The minimum atomic E-state index is 0. The number of benzene rings is 2. The number of hydrogen-bond donors (Lipinski definition) is 0. The fourth-order valence-corrected chi connectivity index (χ4v) is 1.35. The molecule has 3 heteroatoms. The van der Waals surface area contributed by atoms with Crippen molar-refractivity contribution in [2.45, 2.75) is 0 Å². The van der Waals surface area contributed by atoms with E-state index < -0.39 is 0 Å². The molecule has 0 aliphatic rings. The van der Waals surface area contributed by atoms with Crippen LogP contribution in [0.25, 0.3) is 0 Å². The maximum Gasteiger partial charge on any atom is 2.00 e. The maximum atomic E-state index is 2.96. The Morgan fingerprint density at radius 3 is 1.05 bits per heavy atom. The largest absolute Gasteiger partial charge is 2.00 e. The summed E-state index contributed by atoms with van der Waals surface area (Å²) < 4.78 is 0. The summed E-state index contributed by atoms with van der Waals surface area (Å²) >= 11 is 0. The first-order valence-electron chi connectivity index (χ1n) is 5.88. The Bertz CT molecular complexity index is 384. The third-order valence-electron chi connectivity index (χ3n) is 2.43. The molecular formula is C16H20N2Pd. The van der Waals surface area contributed by atoms with Gasteiger partial charge in [0.25, 0.3) is 0 Å². The van der Waals surface area contributed by atoms with E-state index in [2.05, 4.69) is 21.9 Å². The van der Waals surface area contributed by atoms with E-state index in [1.54, 1.807) is 0 Å². The molecule has 0 atom stereocenters. The second-order valence-electron chi connectivity index (χ2n) is 4.31. The van der Waals surface area contributed by atoms with Crippen LogP contribution in [-0.4, -0.2) is 28.2 Å². The molecule has 0 aliphatic carbocycles. The van der Waals surface area contributed by atoms with Crippen molar-refractivity contribution in [2.24, 2.45) is 0 Å². The van der Waals surface area contributed by atoms with Crippen LogP contribution < -0.4 is 9.80 Å². The third-order valence-corrected chi connectivity index (χ3v) is 2.43. The smallest absolute Gasteiger partial charge is 0.399 e. The van der Waals surface area contributed by atoms with Gasteiger partial charge in [-0.05, 0) is 0 Å².